The summed E-state index contributed by atoms with van der Waals surface area (Å²) in [5.74, 6) is 0.0717. The average Bonchev–Trinajstić information content (AvgIpc) is 2.73. The molecule has 20 heavy (non-hydrogen) atoms. The predicted molar refractivity (Wildman–Crippen MR) is 65.6 cm³/mol. The zero-order valence-electron chi connectivity index (χ0n) is 10.2. The lowest BCUT2D eigenvalue weighted by molar-refractivity contribution is -0.137. The average molecular weight is 305 g/mol. The first-order valence-electron chi connectivity index (χ1n) is 5.40. The molecular weight excluding hydrogens is 295 g/mol. The summed E-state index contributed by atoms with van der Waals surface area (Å²) in [7, 11) is -3.96. The van der Waals surface area contributed by atoms with Crippen LogP contribution in [0.1, 0.15) is 11.3 Å². The molecule has 0 spiro atoms. The molecule has 0 fully saturated rings. The van der Waals surface area contributed by atoms with Gasteiger partial charge in [0.15, 0.2) is 5.82 Å². The van der Waals surface area contributed by atoms with Crippen LogP contribution in [0.2, 0.25) is 0 Å². The number of benzene rings is 1. The number of hydrogen-bond donors (Lipinski definition) is 2. The van der Waals surface area contributed by atoms with Crippen molar-refractivity contribution in [1.29, 1.82) is 0 Å². The minimum absolute atomic E-state index is 0.0717. The van der Waals surface area contributed by atoms with Crippen molar-refractivity contribution >= 4 is 15.8 Å². The van der Waals surface area contributed by atoms with Gasteiger partial charge in [0.1, 0.15) is 0 Å². The summed E-state index contributed by atoms with van der Waals surface area (Å²) in [6.07, 6.45) is -4.50. The Morgan fingerprint density at radius 1 is 1.20 bits per heavy atom. The number of nitrogens with one attached hydrogen (secondary N) is 2. The highest BCUT2D eigenvalue weighted by atomic mass is 32.2. The molecule has 0 aliphatic heterocycles. The second-order valence-corrected chi connectivity index (χ2v) is 5.75. The van der Waals surface area contributed by atoms with Gasteiger partial charge in [-0.2, -0.15) is 18.3 Å². The SMILES string of the molecule is Cc1cc(NS(=O)(=O)c2ccc(C(F)(F)F)cc2)n[nH]1. The molecule has 2 N–H and O–H groups in total. The maximum atomic E-state index is 12.4. The maximum Gasteiger partial charge on any atom is 0.416 e. The van der Waals surface area contributed by atoms with Crippen LogP contribution in [0.25, 0.3) is 0 Å². The number of nitrogens with zero attached hydrogens (tertiary/aromatic N) is 1. The summed E-state index contributed by atoms with van der Waals surface area (Å²) in [6.45, 7) is 1.68. The number of halogens is 3. The minimum atomic E-state index is -4.50. The Morgan fingerprint density at radius 3 is 2.25 bits per heavy atom. The van der Waals surface area contributed by atoms with E-state index in [4.69, 9.17) is 0 Å². The van der Waals surface area contributed by atoms with Crippen molar-refractivity contribution in [2.24, 2.45) is 0 Å². The van der Waals surface area contributed by atoms with Crippen LogP contribution < -0.4 is 4.72 Å². The van der Waals surface area contributed by atoms with Crippen LogP contribution in [0.5, 0.6) is 0 Å². The molecule has 0 amide bonds. The molecule has 0 bridgehead atoms. The van der Waals surface area contributed by atoms with Crippen LogP contribution in [-0.4, -0.2) is 18.6 Å². The van der Waals surface area contributed by atoms with Gasteiger partial charge < -0.3 is 0 Å². The van der Waals surface area contributed by atoms with Gasteiger partial charge in [-0.1, -0.05) is 0 Å². The molecule has 0 saturated heterocycles. The summed E-state index contributed by atoms with van der Waals surface area (Å²) in [5, 5.41) is 6.23. The largest absolute Gasteiger partial charge is 0.416 e. The number of hydrogen-bond acceptors (Lipinski definition) is 3. The van der Waals surface area contributed by atoms with Crippen molar-refractivity contribution in [3.05, 3.63) is 41.6 Å². The van der Waals surface area contributed by atoms with E-state index in [1.54, 1.807) is 6.92 Å². The van der Waals surface area contributed by atoms with Crippen molar-refractivity contribution in [2.75, 3.05) is 4.72 Å². The van der Waals surface area contributed by atoms with Crippen molar-refractivity contribution in [2.45, 2.75) is 18.0 Å². The summed E-state index contributed by atoms with van der Waals surface area (Å²) in [6, 6.07) is 4.67. The van der Waals surface area contributed by atoms with Gasteiger partial charge in [-0.15, -0.1) is 0 Å². The molecule has 108 valence electrons. The minimum Gasteiger partial charge on any atom is -0.281 e. The van der Waals surface area contributed by atoms with E-state index < -0.39 is 21.8 Å². The van der Waals surface area contributed by atoms with Gasteiger partial charge in [0.2, 0.25) is 0 Å². The van der Waals surface area contributed by atoms with Crippen LogP contribution in [0.3, 0.4) is 0 Å². The van der Waals surface area contributed by atoms with Gasteiger partial charge in [0.05, 0.1) is 10.5 Å². The highest BCUT2D eigenvalue weighted by Crippen LogP contribution is 2.29. The molecule has 0 aliphatic rings. The molecule has 2 rings (SSSR count). The molecule has 9 heteroatoms. The van der Waals surface area contributed by atoms with Crippen molar-refractivity contribution in [1.82, 2.24) is 10.2 Å². The lowest BCUT2D eigenvalue weighted by Gasteiger charge is -2.08. The monoisotopic (exact) mass is 305 g/mol. The first-order valence-corrected chi connectivity index (χ1v) is 6.89. The number of rotatable bonds is 3. The second kappa shape index (κ2) is 4.82. The summed E-state index contributed by atoms with van der Waals surface area (Å²) >= 11 is 0. The lowest BCUT2D eigenvalue weighted by atomic mass is 10.2. The van der Waals surface area contributed by atoms with E-state index in [2.05, 4.69) is 14.9 Å². The number of aromatic nitrogens is 2. The molecular formula is C11H10F3N3O2S. The maximum absolute atomic E-state index is 12.4. The van der Waals surface area contributed by atoms with E-state index in [9.17, 15) is 21.6 Å². The van der Waals surface area contributed by atoms with Gasteiger partial charge in [-0.3, -0.25) is 9.82 Å². The Kier molecular flexibility index (Phi) is 3.46. The van der Waals surface area contributed by atoms with Crippen molar-refractivity contribution in [3.8, 4) is 0 Å². The quantitative estimate of drug-likeness (QED) is 0.915. The predicted octanol–water partition coefficient (Wildman–Crippen LogP) is 2.54. The molecule has 0 unspecified atom stereocenters. The Morgan fingerprint density at radius 2 is 1.80 bits per heavy atom. The number of aryl methyl sites for hydroxylation is 1. The molecule has 0 saturated carbocycles. The van der Waals surface area contributed by atoms with Gasteiger partial charge in [-0.25, -0.2) is 8.42 Å². The topological polar surface area (TPSA) is 74.8 Å². The fraction of sp³-hybridized carbons (Fsp3) is 0.182. The van der Waals surface area contributed by atoms with Crippen molar-refractivity contribution in [3.63, 3.8) is 0 Å². The second-order valence-electron chi connectivity index (χ2n) is 4.06. The summed E-state index contributed by atoms with van der Waals surface area (Å²) in [4.78, 5) is -0.272. The zero-order valence-corrected chi connectivity index (χ0v) is 11.0. The number of H-pyrrole nitrogens is 1. The third kappa shape index (κ3) is 3.10. The van der Waals surface area contributed by atoms with Gasteiger partial charge >= 0.3 is 6.18 Å². The molecule has 1 heterocycles. The Hall–Kier alpha value is -2.03. The first kappa shape index (κ1) is 14.4. The Bertz CT molecular complexity index is 705. The molecule has 1 aromatic heterocycles. The molecule has 0 aliphatic carbocycles. The number of alkyl halides is 3. The van der Waals surface area contributed by atoms with E-state index in [0.29, 0.717) is 17.8 Å². The molecule has 2 aromatic rings. The normalized spacial score (nSPS) is 12.4. The van der Waals surface area contributed by atoms with Gasteiger partial charge in [0.25, 0.3) is 10.0 Å². The molecule has 1 aromatic carbocycles. The Labute approximate surface area is 112 Å². The first-order chi connectivity index (χ1) is 9.18. The third-order valence-electron chi connectivity index (χ3n) is 2.44. The van der Waals surface area contributed by atoms with Crippen LogP contribution in [-0.2, 0) is 16.2 Å². The molecule has 5 nitrogen and oxygen atoms in total. The van der Waals surface area contributed by atoms with Crippen LogP contribution in [0.15, 0.2) is 35.2 Å². The summed E-state index contributed by atoms with van der Waals surface area (Å²) in [5.41, 5.74) is -0.262. The van der Waals surface area contributed by atoms with E-state index in [1.807, 2.05) is 0 Å². The standard InChI is InChI=1S/C11H10F3N3O2S/c1-7-6-10(16-15-7)17-20(18,19)9-4-2-8(3-5-9)11(12,13)14/h2-6H,1H3,(H2,15,16,17). The molecule has 0 atom stereocenters. The van der Waals surface area contributed by atoms with E-state index in [1.165, 1.54) is 6.07 Å². The third-order valence-corrected chi connectivity index (χ3v) is 3.81. The highest BCUT2D eigenvalue weighted by molar-refractivity contribution is 7.92. The smallest absolute Gasteiger partial charge is 0.281 e. The summed E-state index contributed by atoms with van der Waals surface area (Å²) < 4.78 is 63.2. The Balaban J connectivity index is 2.26. The van der Waals surface area contributed by atoms with Crippen LogP contribution >= 0.6 is 0 Å². The van der Waals surface area contributed by atoms with Gasteiger partial charge in [-0.05, 0) is 31.2 Å². The fourth-order valence-corrected chi connectivity index (χ4v) is 2.48. The van der Waals surface area contributed by atoms with Crippen molar-refractivity contribution < 1.29 is 21.6 Å². The number of sulfonamides is 1. The zero-order chi connectivity index (χ0) is 15.0. The lowest BCUT2D eigenvalue weighted by Crippen LogP contribution is -2.14. The van der Waals surface area contributed by atoms with E-state index in [0.717, 1.165) is 12.1 Å². The number of aromatic amines is 1. The van der Waals surface area contributed by atoms with E-state index >= 15 is 0 Å². The van der Waals surface area contributed by atoms with E-state index in [-0.39, 0.29) is 10.7 Å². The van der Waals surface area contributed by atoms with Crippen LogP contribution in [0, 0.1) is 6.92 Å². The number of anilines is 1. The molecule has 0 radical (unpaired) electrons. The fourth-order valence-electron chi connectivity index (χ4n) is 1.49. The highest BCUT2D eigenvalue weighted by Gasteiger charge is 2.30. The van der Waals surface area contributed by atoms with Gasteiger partial charge in [0, 0.05) is 11.8 Å². The van der Waals surface area contributed by atoms with Crippen LogP contribution in [0.4, 0.5) is 19.0 Å².